The highest BCUT2D eigenvalue weighted by Crippen LogP contribution is 2.39. The molecule has 184 valence electrons. The Labute approximate surface area is 219 Å². The van der Waals surface area contributed by atoms with Crippen LogP contribution in [0.5, 0.6) is 0 Å². The highest BCUT2D eigenvalue weighted by molar-refractivity contribution is 9.10. The van der Waals surface area contributed by atoms with Gasteiger partial charge in [0.2, 0.25) is 5.91 Å². The lowest BCUT2D eigenvalue weighted by Crippen LogP contribution is -2.47. The molecule has 5 nitrogen and oxygen atoms in total. The lowest BCUT2D eigenvalue weighted by atomic mass is 9.90. The van der Waals surface area contributed by atoms with E-state index >= 15 is 0 Å². The van der Waals surface area contributed by atoms with Crippen molar-refractivity contribution in [2.24, 2.45) is 0 Å². The molecule has 0 bridgehead atoms. The van der Waals surface area contributed by atoms with Gasteiger partial charge >= 0.3 is 0 Å². The molecule has 35 heavy (non-hydrogen) atoms. The van der Waals surface area contributed by atoms with E-state index < -0.39 is 0 Å². The Morgan fingerprint density at radius 1 is 1.11 bits per heavy atom. The van der Waals surface area contributed by atoms with Crippen LogP contribution in [0.3, 0.4) is 0 Å². The van der Waals surface area contributed by atoms with Crippen molar-refractivity contribution < 1.29 is 14.3 Å². The van der Waals surface area contributed by atoms with Crippen molar-refractivity contribution >= 4 is 39.1 Å². The Morgan fingerprint density at radius 3 is 2.63 bits per heavy atom. The van der Waals surface area contributed by atoms with Crippen molar-refractivity contribution in [2.45, 2.75) is 32.7 Å². The number of carbonyl (C=O) groups is 2. The van der Waals surface area contributed by atoms with Crippen LogP contribution in [0.4, 0.5) is 0 Å². The van der Waals surface area contributed by atoms with E-state index in [1.165, 1.54) is 10.4 Å². The molecule has 1 aliphatic heterocycles. The predicted molar refractivity (Wildman–Crippen MR) is 144 cm³/mol. The SMILES string of the molecule is CCOCCCN(CC(=O)N1CCc2sccc2C1c1ccccc1C)C(=O)c1ccc(Br)cc1. The number of nitrogens with zero attached hydrogens (tertiary/aromatic N) is 2. The van der Waals surface area contributed by atoms with Gasteiger partial charge < -0.3 is 14.5 Å². The van der Waals surface area contributed by atoms with E-state index in [0.29, 0.717) is 38.3 Å². The summed E-state index contributed by atoms with van der Waals surface area (Å²) in [5.41, 5.74) is 4.08. The van der Waals surface area contributed by atoms with E-state index in [9.17, 15) is 9.59 Å². The van der Waals surface area contributed by atoms with E-state index in [1.54, 1.807) is 28.4 Å². The van der Waals surface area contributed by atoms with Crippen LogP contribution >= 0.6 is 27.3 Å². The summed E-state index contributed by atoms with van der Waals surface area (Å²) in [6, 6.07) is 17.6. The van der Waals surface area contributed by atoms with Gasteiger partial charge in [-0.15, -0.1) is 11.3 Å². The Kier molecular flexibility index (Phi) is 8.76. The number of carbonyl (C=O) groups excluding carboxylic acids is 2. The molecule has 1 aliphatic rings. The molecule has 1 atom stereocenters. The minimum Gasteiger partial charge on any atom is -0.382 e. The van der Waals surface area contributed by atoms with Crippen molar-refractivity contribution in [1.29, 1.82) is 0 Å². The third kappa shape index (κ3) is 6.02. The van der Waals surface area contributed by atoms with Crippen LogP contribution in [0.1, 0.15) is 51.3 Å². The fourth-order valence-electron chi connectivity index (χ4n) is 4.60. The van der Waals surface area contributed by atoms with Gasteiger partial charge in [-0.25, -0.2) is 0 Å². The highest BCUT2D eigenvalue weighted by Gasteiger charge is 2.34. The zero-order chi connectivity index (χ0) is 24.8. The van der Waals surface area contributed by atoms with E-state index in [-0.39, 0.29) is 24.4 Å². The second-order valence-electron chi connectivity index (χ2n) is 8.68. The third-order valence-electron chi connectivity index (χ3n) is 6.39. The number of ether oxygens (including phenoxy) is 1. The van der Waals surface area contributed by atoms with Gasteiger partial charge in [-0.05, 0) is 79.1 Å². The van der Waals surface area contributed by atoms with Gasteiger partial charge in [0.15, 0.2) is 0 Å². The van der Waals surface area contributed by atoms with Crippen molar-refractivity contribution in [3.05, 3.63) is 91.6 Å². The molecule has 2 heterocycles. The molecule has 1 aromatic heterocycles. The summed E-state index contributed by atoms with van der Waals surface area (Å²) in [7, 11) is 0. The molecule has 2 aromatic carbocycles. The number of aryl methyl sites for hydroxylation is 1. The molecular weight excluding hydrogens is 524 g/mol. The van der Waals surface area contributed by atoms with E-state index in [0.717, 1.165) is 22.0 Å². The molecule has 0 fully saturated rings. The summed E-state index contributed by atoms with van der Waals surface area (Å²) in [4.78, 5) is 32.2. The molecule has 1 unspecified atom stereocenters. The first kappa shape index (κ1) is 25.6. The number of halogens is 1. The Hall–Kier alpha value is -2.48. The number of benzene rings is 2. The summed E-state index contributed by atoms with van der Waals surface area (Å²) < 4.78 is 6.40. The third-order valence-corrected chi connectivity index (χ3v) is 7.92. The molecule has 7 heteroatoms. The standard InChI is InChI=1S/C28H31BrN2O3S/c1-3-34-17-6-15-30(28(33)21-9-11-22(29)12-10-21)19-26(32)31-16-13-25-24(14-18-35-25)27(31)23-8-5-4-7-20(23)2/h4-5,7-12,14,18,27H,3,6,13,15-17,19H2,1-2H3. The number of hydrogen-bond donors (Lipinski definition) is 0. The zero-order valence-corrected chi connectivity index (χ0v) is 22.6. The monoisotopic (exact) mass is 554 g/mol. The maximum atomic E-state index is 13.8. The van der Waals surface area contributed by atoms with Gasteiger partial charge in [-0.2, -0.15) is 0 Å². The number of amides is 2. The minimum absolute atomic E-state index is 0.0306. The molecule has 4 rings (SSSR count). The van der Waals surface area contributed by atoms with Crippen LogP contribution in [0.15, 0.2) is 64.5 Å². The topological polar surface area (TPSA) is 49.9 Å². The van der Waals surface area contributed by atoms with Crippen LogP contribution in [-0.2, 0) is 16.0 Å². The number of hydrogen-bond acceptors (Lipinski definition) is 4. The first-order valence-corrected chi connectivity index (χ1v) is 13.7. The maximum absolute atomic E-state index is 13.8. The van der Waals surface area contributed by atoms with E-state index in [1.807, 2.05) is 36.1 Å². The van der Waals surface area contributed by atoms with Gasteiger partial charge in [-0.1, -0.05) is 40.2 Å². The van der Waals surface area contributed by atoms with E-state index in [2.05, 4.69) is 46.4 Å². The second-order valence-corrected chi connectivity index (χ2v) is 10.6. The summed E-state index contributed by atoms with van der Waals surface area (Å²) in [5, 5.41) is 2.11. The fraction of sp³-hybridized carbons (Fsp3) is 0.357. The molecule has 0 saturated heterocycles. The van der Waals surface area contributed by atoms with Gasteiger partial charge in [0.1, 0.15) is 6.54 Å². The van der Waals surface area contributed by atoms with Crippen molar-refractivity contribution in [2.75, 3.05) is 32.8 Å². The quantitative estimate of drug-likeness (QED) is 0.311. The fourth-order valence-corrected chi connectivity index (χ4v) is 5.77. The minimum atomic E-state index is -0.136. The summed E-state index contributed by atoms with van der Waals surface area (Å²) in [5.74, 6) is -0.167. The summed E-state index contributed by atoms with van der Waals surface area (Å²) >= 11 is 5.18. The van der Waals surface area contributed by atoms with Crippen LogP contribution in [0.2, 0.25) is 0 Å². The largest absolute Gasteiger partial charge is 0.382 e. The van der Waals surface area contributed by atoms with Gasteiger partial charge in [0.05, 0.1) is 6.04 Å². The maximum Gasteiger partial charge on any atom is 0.254 e. The molecule has 0 N–H and O–H groups in total. The molecule has 0 saturated carbocycles. The molecule has 2 amide bonds. The lowest BCUT2D eigenvalue weighted by molar-refractivity contribution is -0.134. The normalized spacial score (nSPS) is 15.1. The van der Waals surface area contributed by atoms with Crippen LogP contribution in [0.25, 0.3) is 0 Å². The number of rotatable bonds is 9. The highest BCUT2D eigenvalue weighted by atomic mass is 79.9. The first-order chi connectivity index (χ1) is 17.0. The zero-order valence-electron chi connectivity index (χ0n) is 20.2. The average molecular weight is 556 g/mol. The molecular formula is C28H31BrN2O3S. The molecule has 0 radical (unpaired) electrons. The van der Waals surface area contributed by atoms with Gasteiger partial charge in [0, 0.05) is 41.2 Å². The Balaban J connectivity index is 1.59. The second kappa shape index (κ2) is 12.0. The van der Waals surface area contributed by atoms with Crippen molar-refractivity contribution in [3.63, 3.8) is 0 Å². The Morgan fingerprint density at radius 2 is 1.89 bits per heavy atom. The van der Waals surface area contributed by atoms with Gasteiger partial charge in [0.25, 0.3) is 5.91 Å². The first-order valence-electron chi connectivity index (χ1n) is 12.0. The molecule has 3 aromatic rings. The van der Waals surface area contributed by atoms with E-state index in [4.69, 9.17) is 4.74 Å². The van der Waals surface area contributed by atoms with Crippen LogP contribution in [-0.4, -0.2) is 54.5 Å². The molecule has 0 aliphatic carbocycles. The predicted octanol–water partition coefficient (Wildman–Crippen LogP) is 5.86. The lowest BCUT2D eigenvalue weighted by Gasteiger charge is -2.38. The smallest absolute Gasteiger partial charge is 0.254 e. The van der Waals surface area contributed by atoms with Crippen LogP contribution < -0.4 is 0 Å². The average Bonchev–Trinajstić information content (AvgIpc) is 3.35. The summed E-state index contributed by atoms with van der Waals surface area (Å²) in [6.45, 7) is 6.39. The summed E-state index contributed by atoms with van der Waals surface area (Å²) in [6.07, 6.45) is 1.52. The number of fused-ring (bicyclic) bond motifs is 1. The van der Waals surface area contributed by atoms with Crippen molar-refractivity contribution in [3.8, 4) is 0 Å². The van der Waals surface area contributed by atoms with Gasteiger partial charge in [-0.3, -0.25) is 9.59 Å². The number of thiophene rings is 1. The van der Waals surface area contributed by atoms with Crippen LogP contribution in [0, 0.1) is 6.92 Å². The molecule has 0 spiro atoms. The Bertz CT molecular complexity index is 1160. The van der Waals surface area contributed by atoms with Crippen molar-refractivity contribution in [1.82, 2.24) is 9.80 Å².